The van der Waals surface area contributed by atoms with Crippen molar-refractivity contribution in [1.29, 1.82) is 0 Å². The molecule has 5 atom stereocenters. The zero-order valence-electron chi connectivity index (χ0n) is 18.8. The number of benzene rings is 2. The first-order valence-corrected chi connectivity index (χ1v) is 11.5. The number of likely N-dealkylation sites (tertiary alicyclic amines) is 1. The summed E-state index contributed by atoms with van der Waals surface area (Å²) in [4.78, 5) is 42.1. The SMILES string of the molecule is CCc1ccc2c(c1)[C@]1(N[C@H]([C@@H](C)O)[C@H]3C(=O)N(Cc4ccc5c(c4)OCO5)C(=O)[C@H]31)C(=O)N2. The number of carbonyl (C=O) groups is 3. The van der Waals surface area contributed by atoms with Gasteiger partial charge in [0.25, 0.3) is 0 Å². The van der Waals surface area contributed by atoms with E-state index in [1.807, 2.05) is 25.1 Å². The Bertz CT molecular complexity index is 1240. The van der Waals surface area contributed by atoms with Crippen molar-refractivity contribution in [2.45, 2.75) is 44.5 Å². The number of aliphatic hydroxyl groups is 1. The Balaban J connectivity index is 1.42. The first kappa shape index (κ1) is 21.1. The van der Waals surface area contributed by atoms with Crippen molar-refractivity contribution in [3.05, 3.63) is 53.1 Å². The quantitative estimate of drug-likeness (QED) is 0.585. The summed E-state index contributed by atoms with van der Waals surface area (Å²) >= 11 is 0. The number of nitrogens with one attached hydrogen (secondary N) is 2. The molecule has 0 aromatic heterocycles. The van der Waals surface area contributed by atoms with Gasteiger partial charge in [0.2, 0.25) is 24.5 Å². The first-order valence-electron chi connectivity index (χ1n) is 11.5. The lowest BCUT2D eigenvalue weighted by atomic mass is 9.76. The normalized spacial score (nSPS) is 29.6. The van der Waals surface area contributed by atoms with Crippen LogP contribution in [0.2, 0.25) is 0 Å². The summed E-state index contributed by atoms with van der Waals surface area (Å²) in [6.07, 6.45) is -0.186. The molecular weight excluding hydrogens is 438 g/mol. The van der Waals surface area contributed by atoms with Crippen LogP contribution < -0.4 is 20.1 Å². The van der Waals surface area contributed by atoms with Gasteiger partial charge >= 0.3 is 0 Å². The van der Waals surface area contributed by atoms with Crippen LogP contribution in [-0.4, -0.2) is 46.7 Å². The molecule has 176 valence electrons. The molecule has 4 aliphatic rings. The van der Waals surface area contributed by atoms with Gasteiger partial charge in [-0.05, 0) is 42.7 Å². The average Bonchev–Trinajstić information content (AvgIpc) is 3.55. The van der Waals surface area contributed by atoms with Gasteiger partial charge in [0, 0.05) is 17.3 Å². The largest absolute Gasteiger partial charge is 0.454 e. The van der Waals surface area contributed by atoms with E-state index in [1.54, 1.807) is 25.1 Å². The lowest BCUT2D eigenvalue weighted by Crippen LogP contribution is -2.54. The second-order valence-corrected chi connectivity index (χ2v) is 9.36. The highest BCUT2D eigenvalue weighted by Gasteiger charge is 2.71. The number of nitrogens with zero attached hydrogens (tertiary/aromatic N) is 1. The van der Waals surface area contributed by atoms with E-state index in [9.17, 15) is 19.5 Å². The fraction of sp³-hybridized carbons (Fsp3) is 0.400. The van der Waals surface area contributed by atoms with E-state index >= 15 is 0 Å². The Morgan fingerprint density at radius 3 is 2.62 bits per heavy atom. The molecule has 1 spiro atoms. The molecule has 2 fully saturated rings. The molecule has 4 heterocycles. The summed E-state index contributed by atoms with van der Waals surface area (Å²) in [5.41, 5.74) is 1.59. The Kier molecular flexibility index (Phi) is 4.53. The van der Waals surface area contributed by atoms with E-state index in [-0.39, 0.29) is 19.2 Å². The number of imide groups is 1. The van der Waals surface area contributed by atoms with E-state index in [1.165, 1.54) is 4.90 Å². The molecule has 0 aliphatic carbocycles. The first-order chi connectivity index (χ1) is 16.3. The summed E-state index contributed by atoms with van der Waals surface area (Å²) in [5.74, 6) is -1.83. The third-order valence-electron chi connectivity index (χ3n) is 7.51. The zero-order chi connectivity index (χ0) is 23.8. The minimum Gasteiger partial charge on any atom is -0.454 e. The van der Waals surface area contributed by atoms with Gasteiger partial charge in [-0.1, -0.05) is 25.1 Å². The van der Waals surface area contributed by atoms with Crippen LogP contribution in [0, 0.1) is 11.8 Å². The van der Waals surface area contributed by atoms with Crippen molar-refractivity contribution in [2.24, 2.45) is 11.8 Å². The van der Waals surface area contributed by atoms with Crippen molar-refractivity contribution in [3.63, 3.8) is 0 Å². The van der Waals surface area contributed by atoms with E-state index in [0.717, 1.165) is 12.0 Å². The molecule has 2 aromatic rings. The van der Waals surface area contributed by atoms with Crippen LogP contribution in [0.15, 0.2) is 36.4 Å². The third-order valence-corrected chi connectivity index (χ3v) is 7.51. The molecule has 3 N–H and O–H groups in total. The van der Waals surface area contributed by atoms with Gasteiger partial charge in [-0.3, -0.25) is 24.6 Å². The van der Waals surface area contributed by atoms with Gasteiger partial charge in [0.15, 0.2) is 11.5 Å². The van der Waals surface area contributed by atoms with Crippen LogP contribution in [0.25, 0.3) is 0 Å². The molecule has 2 saturated heterocycles. The van der Waals surface area contributed by atoms with Gasteiger partial charge in [-0.15, -0.1) is 0 Å². The minimum atomic E-state index is -1.41. The van der Waals surface area contributed by atoms with Gasteiger partial charge in [-0.25, -0.2) is 0 Å². The number of hydrogen-bond acceptors (Lipinski definition) is 7. The van der Waals surface area contributed by atoms with E-state index in [4.69, 9.17) is 9.47 Å². The second kappa shape index (κ2) is 7.28. The fourth-order valence-corrected chi connectivity index (χ4v) is 5.85. The molecular formula is C25H25N3O6. The number of hydrogen-bond donors (Lipinski definition) is 3. The molecule has 4 aliphatic heterocycles. The lowest BCUT2D eigenvalue weighted by Gasteiger charge is -2.30. The summed E-state index contributed by atoms with van der Waals surface area (Å²) in [7, 11) is 0. The summed E-state index contributed by atoms with van der Waals surface area (Å²) in [5, 5.41) is 16.7. The van der Waals surface area contributed by atoms with Crippen molar-refractivity contribution in [1.82, 2.24) is 10.2 Å². The third kappa shape index (κ3) is 2.71. The number of fused-ring (bicyclic) bond motifs is 5. The highest BCUT2D eigenvalue weighted by Crippen LogP contribution is 2.53. The van der Waals surface area contributed by atoms with Gasteiger partial charge in [0.1, 0.15) is 5.54 Å². The number of amides is 3. The van der Waals surface area contributed by atoms with E-state index in [2.05, 4.69) is 10.6 Å². The molecule has 0 saturated carbocycles. The van der Waals surface area contributed by atoms with Gasteiger partial charge in [-0.2, -0.15) is 0 Å². The molecule has 0 radical (unpaired) electrons. The molecule has 6 rings (SSSR count). The van der Waals surface area contributed by atoms with Crippen molar-refractivity contribution in [3.8, 4) is 11.5 Å². The number of rotatable bonds is 4. The highest BCUT2D eigenvalue weighted by atomic mass is 16.7. The van der Waals surface area contributed by atoms with Crippen LogP contribution in [0.3, 0.4) is 0 Å². The topological polar surface area (TPSA) is 117 Å². The van der Waals surface area contributed by atoms with Gasteiger partial charge in [0.05, 0.1) is 24.5 Å². The number of ether oxygens (including phenoxy) is 2. The maximum Gasteiger partial charge on any atom is 0.250 e. The highest BCUT2D eigenvalue weighted by molar-refractivity contribution is 6.15. The number of anilines is 1. The predicted molar refractivity (Wildman–Crippen MR) is 120 cm³/mol. The maximum absolute atomic E-state index is 13.8. The molecule has 9 heteroatoms. The van der Waals surface area contributed by atoms with Crippen LogP contribution in [0.4, 0.5) is 5.69 Å². The fourth-order valence-electron chi connectivity index (χ4n) is 5.85. The van der Waals surface area contributed by atoms with E-state index < -0.39 is 41.3 Å². The molecule has 3 amide bonds. The Hall–Kier alpha value is -3.43. The average molecular weight is 463 g/mol. The Morgan fingerprint density at radius 1 is 1.09 bits per heavy atom. The predicted octanol–water partition coefficient (Wildman–Crippen LogP) is 1.28. The minimum absolute atomic E-state index is 0.0490. The van der Waals surface area contributed by atoms with Crippen LogP contribution in [0.1, 0.15) is 30.5 Å². The lowest BCUT2D eigenvalue weighted by molar-refractivity contribution is -0.143. The van der Waals surface area contributed by atoms with Crippen LogP contribution in [-0.2, 0) is 32.9 Å². The molecule has 34 heavy (non-hydrogen) atoms. The summed E-state index contributed by atoms with van der Waals surface area (Å²) in [6.45, 7) is 3.76. The molecule has 2 aromatic carbocycles. The number of carbonyl (C=O) groups excluding carboxylic acids is 3. The van der Waals surface area contributed by atoms with Crippen LogP contribution in [0.5, 0.6) is 11.5 Å². The number of aryl methyl sites for hydroxylation is 1. The standard InChI is InChI=1S/C25H25N3O6/c1-3-13-4-6-16-15(8-13)25(24(32)26-16)20-19(21(27-25)12(2)29)22(30)28(23(20)31)10-14-5-7-17-18(9-14)34-11-33-17/h4-9,12,19-21,27,29H,3,10-11H2,1-2H3,(H,26,32)/t12-,19+,20+,21-,25-/m1/s1. The van der Waals surface area contributed by atoms with Crippen molar-refractivity contribution in [2.75, 3.05) is 12.1 Å². The molecule has 9 nitrogen and oxygen atoms in total. The smallest absolute Gasteiger partial charge is 0.250 e. The molecule has 0 bridgehead atoms. The summed E-state index contributed by atoms with van der Waals surface area (Å²) in [6, 6.07) is 10.2. The van der Waals surface area contributed by atoms with Crippen LogP contribution >= 0.6 is 0 Å². The second-order valence-electron chi connectivity index (χ2n) is 9.36. The monoisotopic (exact) mass is 463 g/mol. The van der Waals surface area contributed by atoms with Gasteiger partial charge < -0.3 is 19.9 Å². The van der Waals surface area contributed by atoms with Crippen molar-refractivity contribution < 1.29 is 29.0 Å². The Morgan fingerprint density at radius 2 is 1.85 bits per heavy atom. The molecule has 0 unspecified atom stereocenters. The maximum atomic E-state index is 13.8. The van der Waals surface area contributed by atoms with E-state index in [0.29, 0.717) is 28.3 Å². The Labute approximate surface area is 196 Å². The number of aliphatic hydroxyl groups excluding tert-OH is 1. The zero-order valence-corrected chi connectivity index (χ0v) is 18.8. The summed E-state index contributed by atoms with van der Waals surface area (Å²) < 4.78 is 10.8. The van der Waals surface area contributed by atoms with Crippen molar-refractivity contribution >= 4 is 23.4 Å².